The van der Waals surface area contributed by atoms with E-state index in [1.807, 2.05) is 158 Å². The topological polar surface area (TPSA) is 178 Å². The van der Waals surface area contributed by atoms with Crippen LogP contribution in [0.5, 0.6) is 23.0 Å². The highest BCUT2D eigenvalue weighted by atomic mass is 79.9. The fourth-order valence-corrected chi connectivity index (χ4v) is 10.0. The average Bonchev–Trinajstić information content (AvgIpc) is 2.73. The van der Waals surface area contributed by atoms with Crippen LogP contribution in [0.15, 0.2) is 252 Å². The molecule has 10 aromatic rings. The molecular weight excluding hydrogens is 1170 g/mol. The summed E-state index contributed by atoms with van der Waals surface area (Å²) in [6.07, 6.45) is 0. The first-order chi connectivity index (χ1) is 39.9. The molecular formula is C66H43Br2N5O9. The van der Waals surface area contributed by atoms with Gasteiger partial charge in [-0.2, -0.15) is 0 Å². The number of rotatable bonds is 3. The molecule has 5 aliphatic heterocycles. The SMILES string of the molecule is Nc1ccccc1.O=C1OC(=O)c2cc(Br)ccc21.O=C1c2ccc(Br)cc2C(=O)N1c1ccccc1.O=C1c2ccc(N3c4ccccc4Oc4ccccc43)cc2C(=O)N1c1ccccc1.c1ccc2c(c1)Nc1ccccc1O2. The lowest BCUT2D eigenvalue weighted by Gasteiger charge is -2.32. The largest absolute Gasteiger partial charge is 0.453 e. The molecule has 0 aromatic heterocycles. The molecule has 82 heavy (non-hydrogen) atoms. The second-order valence-electron chi connectivity index (χ2n) is 18.4. The Morgan fingerprint density at radius 2 is 0.695 bits per heavy atom. The summed E-state index contributed by atoms with van der Waals surface area (Å²) in [7, 11) is 0. The number of hydrogen-bond acceptors (Lipinski definition) is 12. The van der Waals surface area contributed by atoms with Gasteiger partial charge in [-0.3, -0.25) is 19.2 Å². The number of nitrogens with two attached hydrogens (primary N) is 1. The van der Waals surface area contributed by atoms with Gasteiger partial charge in [-0.25, -0.2) is 19.4 Å². The molecule has 15 rings (SSSR count). The molecule has 14 nitrogen and oxygen atoms in total. The van der Waals surface area contributed by atoms with Crippen LogP contribution in [0.4, 0.5) is 45.5 Å². The summed E-state index contributed by atoms with van der Waals surface area (Å²) in [5, 5.41) is 3.32. The number of nitrogens with zero attached hydrogens (tertiary/aromatic N) is 3. The van der Waals surface area contributed by atoms with E-state index >= 15 is 0 Å². The van der Waals surface area contributed by atoms with Gasteiger partial charge in [0.15, 0.2) is 23.0 Å². The highest BCUT2D eigenvalue weighted by Gasteiger charge is 2.39. The first-order valence-electron chi connectivity index (χ1n) is 25.4. The molecule has 0 saturated heterocycles. The van der Waals surface area contributed by atoms with Crippen LogP contribution in [0.2, 0.25) is 0 Å². The van der Waals surface area contributed by atoms with Gasteiger partial charge in [0.2, 0.25) is 0 Å². The Morgan fingerprint density at radius 1 is 0.317 bits per heavy atom. The maximum absolute atomic E-state index is 13.2. The number of anilines is 8. The van der Waals surface area contributed by atoms with Crippen LogP contribution in [0.1, 0.15) is 62.1 Å². The number of imide groups is 2. The molecule has 0 unspecified atom stereocenters. The monoisotopic (exact) mass is 1210 g/mol. The number of esters is 2. The molecule has 0 spiro atoms. The number of nitrogen functional groups attached to an aromatic ring is 1. The molecule has 0 bridgehead atoms. The molecule has 0 fully saturated rings. The minimum atomic E-state index is -0.573. The summed E-state index contributed by atoms with van der Waals surface area (Å²) in [5.74, 6) is 0.917. The van der Waals surface area contributed by atoms with Gasteiger partial charge >= 0.3 is 11.9 Å². The van der Waals surface area contributed by atoms with Gasteiger partial charge in [-0.1, -0.05) is 135 Å². The normalized spacial score (nSPS) is 13.3. The molecule has 0 atom stereocenters. The third-order valence-electron chi connectivity index (χ3n) is 13.1. The molecule has 16 heteroatoms. The molecule has 4 amide bonds. The van der Waals surface area contributed by atoms with Crippen LogP contribution >= 0.6 is 31.9 Å². The van der Waals surface area contributed by atoms with Crippen LogP contribution in [0.25, 0.3) is 0 Å². The summed E-state index contributed by atoms with van der Waals surface area (Å²) < 4.78 is 17.7. The van der Waals surface area contributed by atoms with Crippen molar-refractivity contribution in [2.75, 3.05) is 25.8 Å². The summed E-state index contributed by atoms with van der Waals surface area (Å²) in [4.78, 5) is 77.0. The number of halogens is 2. The molecule has 0 radical (unpaired) electrons. The average molecular weight is 1210 g/mol. The van der Waals surface area contributed by atoms with Crippen molar-refractivity contribution in [3.63, 3.8) is 0 Å². The minimum Gasteiger partial charge on any atom is -0.453 e. The van der Waals surface area contributed by atoms with Crippen molar-refractivity contribution in [2.24, 2.45) is 0 Å². The third-order valence-corrected chi connectivity index (χ3v) is 14.1. The number of cyclic esters (lactones) is 2. The van der Waals surface area contributed by atoms with Crippen molar-refractivity contribution < 1.29 is 43.0 Å². The van der Waals surface area contributed by atoms with Crippen LogP contribution < -0.4 is 35.2 Å². The van der Waals surface area contributed by atoms with Crippen molar-refractivity contribution in [2.45, 2.75) is 0 Å². The molecule has 0 aliphatic carbocycles. The zero-order valence-corrected chi connectivity index (χ0v) is 46.1. The van der Waals surface area contributed by atoms with Gasteiger partial charge in [0.05, 0.1) is 67.5 Å². The Balaban J connectivity index is 0.000000118. The fourth-order valence-electron chi connectivity index (χ4n) is 9.28. The van der Waals surface area contributed by atoms with Crippen LogP contribution in [0.3, 0.4) is 0 Å². The summed E-state index contributed by atoms with van der Waals surface area (Å²) in [6, 6.07) is 74.1. The van der Waals surface area contributed by atoms with E-state index in [9.17, 15) is 28.8 Å². The Labute approximate surface area is 486 Å². The van der Waals surface area contributed by atoms with Crippen molar-refractivity contribution in [3.05, 3.63) is 285 Å². The number of fused-ring (bicyclic) bond motifs is 7. The highest BCUT2D eigenvalue weighted by molar-refractivity contribution is 9.10. The number of para-hydroxylation sites is 11. The molecule has 5 aliphatic rings. The van der Waals surface area contributed by atoms with Crippen molar-refractivity contribution >= 4 is 113 Å². The van der Waals surface area contributed by atoms with E-state index in [4.69, 9.17) is 15.2 Å². The maximum Gasteiger partial charge on any atom is 0.346 e. The number of hydrogen-bond donors (Lipinski definition) is 2. The van der Waals surface area contributed by atoms with E-state index in [-0.39, 0.29) is 23.6 Å². The number of carbonyl (C=O) groups is 6. The summed E-state index contributed by atoms with van der Waals surface area (Å²) in [6.45, 7) is 0. The summed E-state index contributed by atoms with van der Waals surface area (Å²) >= 11 is 6.50. The fraction of sp³-hybridized carbons (Fsp3) is 0. The second-order valence-corrected chi connectivity index (χ2v) is 20.2. The van der Waals surface area contributed by atoms with E-state index in [2.05, 4.69) is 46.8 Å². The lowest BCUT2D eigenvalue weighted by Crippen LogP contribution is -2.29. The van der Waals surface area contributed by atoms with E-state index in [1.165, 1.54) is 9.80 Å². The number of amides is 4. The molecule has 3 N–H and O–H groups in total. The van der Waals surface area contributed by atoms with E-state index in [0.29, 0.717) is 44.8 Å². The standard InChI is InChI=1S/C26H16N2O3.C14H8BrNO2.C12H9NO.C8H3BrO3.C6H7N/c29-25-19-15-14-18(16-20(19)26(30)28(25)17-8-2-1-3-9-17)27-21-10-4-6-12-23(21)31-24-13-7-5-11-22(24)27;15-9-6-7-11-12(8-9)14(18)16(13(11)17)10-4-2-1-3-5-10;1-3-7-11-9(5-1)13-10-6-2-4-8-12(10)14-11;9-4-1-2-5-6(3-4)8(11)12-7(5)10;7-6-4-2-1-3-5-6/h1-16H;1-8H;1-8,13H;1-3H;1-5H,7H2. The minimum absolute atomic E-state index is 0.270. The van der Waals surface area contributed by atoms with Crippen molar-refractivity contribution in [1.29, 1.82) is 0 Å². The van der Waals surface area contributed by atoms with Crippen molar-refractivity contribution in [3.8, 4) is 23.0 Å². The molecule has 400 valence electrons. The first-order valence-corrected chi connectivity index (χ1v) is 27.0. The number of nitrogens with one attached hydrogen (secondary N) is 1. The van der Waals surface area contributed by atoms with Gasteiger partial charge in [-0.05, 0) is 140 Å². The first kappa shape index (κ1) is 53.6. The highest BCUT2D eigenvalue weighted by Crippen LogP contribution is 2.51. The number of benzene rings is 10. The number of ether oxygens (including phenoxy) is 3. The lowest BCUT2D eigenvalue weighted by atomic mass is 10.1. The Morgan fingerprint density at radius 3 is 1.20 bits per heavy atom. The smallest absolute Gasteiger partial charge is 0.346 e. The van der Waals surface area contributed by atoms with Crippen LogP contribution in [-0.4, -0.2) is 35.6 Å². The van der Waals surface area contributed by atoms with Gasteiger partial charge in [-0.15, -0.1) is 0 Å². The summed E-state index contributed by atoms with van der Waals surface area (Å²) in [5.41, 5.74) is 14.3. The van der Waals surface area contributed by atoms with E-state index in [0.717, 1.165) is 66.1 Å². The maximum atomic E-state index is 13.2. The van der Waals surface area contributed by atoms with Crippen molar-refractivity contribution in [1.82, 2.24) is 0 Å². The van der Waals surface area contributed by atoms with Gasteiger partial charge in [0.1, 0.15) is 0 Å². The second kappa shape index (κ2) is 23.5. The predicted octanol–water partition coefficient (Wildman–Crippen LogP) is 15.9. The molecule has 10 aromatic carbocycles. The Hall–Kier alpha value is -10.4. The van der Waals surface area contributed by atoms with Crippen LogP contribution in [0, 0.1) is 0 Å². The van der Waals surface area contributed by atoms with Crippen LogP contribution in [-0.2, 0) is 4.74 Å². The lowest BCUT2D eigenvalue weighted by molar-refractivity contribution is 0.0442. The zero-order chi connectivity index (χ0) is 56.9. The molecule has 5 heterocycles. The zero-order valence-electron chi connectivity index (χ0n) is 42.9. The van der Waals surface area contributed by atoms with E-state index in [1.54, 1.807) is 84.9 Å². The Bertz CT molecular complexity index is 4010. The Kier molecular flexibility index (Phi) is 15.4. The predicted molar refractivity (Wildman–Crippen MR) is 321 cm³/mol. The van der Waals surface area contributed by atoms with Gasteiger partial charge in [0.25, 0.3) is 23.6 Å². The molecule has 0 saturated carbocycles. The van der Waals surface area contributed by atoms with Gasteiger partial charge < -0.3 is 30.2 Å². The number of carbonyl (C=O) groups excluding carboxylic acids is 6. The van der Waals surface area contributed by atoms with E-state index < -0.39 is 11.9 Å². The third kappa shape index (κ3) is 11.0. The quantitative estimate of drug-likeness (QED) is 0.0741. The van der Waals surface area contributed by atoms with Gasteiger partial charge in [0, 0.05) is 20.3 Å².